The predicted molar refractivity (Wildman–Crippen MR) is 75.1 cm³/mol. The second kappa shape index (κ2) is 5.86. The number of halogens is 4. The first kappa shape index (κ1) is 16.7. The molecule has 0 amide bonds. The van der Waals surface area contributed by atoms with E-state index in [2.05, 4.69) is 15.9 Å². The van der Waals surface area contributed by atoms with Gasteiger partial charge in [0.1, 0.15) is 0 Å². The van der Waals surface area contributed by atoms with Gasteiger partial charge in [-0.1, -0.05) is 15.9 Å². The Morgan fingerprint density at radius 3 is 2.57 bits per heavy atom. The van der Waals surface area contributed by atoms with Crippen molar-refractivity contribution in [3.05, 3.63) is 28.2 Å². The van der Waals surface area contributed by atoms with Gasteiger partial charge in [-0.3, -0.25) is 0 Å². The molecular formula is C12H14BrF3N2O2S. The number of benzene rings is 1. The van der Waals surface area contributed by atoms with Crippen LogP contribution in [0.15, 0.2) is 27.6 Å². The van der Waals surface area contributed by atoms with Crippen molar-refractivity contribution in [1.29, 1.82) is 0 Å². The molecule has 1 aromatic carbocycles. The van der Waals surface area contributed by atoms with Crippen LogP contribution in [-0.4, -0.2) is 31.9 Å². The van der Waals surface area contributed by atoms with Crippen LogP contribution in [0.1, 0.15) is 18.4 Å². The van der Waals surface area contributed by atoms with Crippen LogP contribution in [0.5, 0.6) is 0 Å². The van der Waals surface area contributed by atoms with Crippen LogP contribution in [0, 0.1) is 0 Å². The summed E-state index contributed by atoms with van der Waals surface area (Å²) in [5.74, 6) is 0. The van der Waals surface area contributed by atoms with Crippen molar-refractivity contribution < 1.29 is 21.6 Å². The zero-order valence-corrected chi connectivity index (χ0v) is 13.3. The minimum Gasteiger partial charge on any atom is -0.329 e. The third kappa shape index (κ3) is 3.41. The first-order valence-electron chi connectivity index (χ1n) is 6.26. The van der Waals surface area contributed by atoms with Gasteiger partial charge in [0.25, 0.3) is 0 Å². The summed E-state index contributed by atoms with van der Waals surface area (Å²) in [5, 5.41) is 0. The van der Waals surface area contributed by atoms with Crippen molar-refractivity contribution in [2.45, 2.75) is 30.0 Å². The molecule has 2 N–H and O–H groups in total. The molecule has 0 radical (unpaired) electrons. The van der Waals surface area contributed by atoms with Crippen LogP contribution in [0.2, 0.25) is 0 Å². The molecule has 0 bridgehead atoms. The minimum absolute atomic E-state index is 0.0689. The summed E-state index contributed by atoms with van der Waals surface area (Å²) in [7, 11) is -3.98. The Kier molecular flexibility index (Phi) is 4.67. The van der Waals surface area contributed by atoms with E-state index in [1.54, 1.807) is 0 Å². The average Bonchev–Trinajstić information content (AvgIpc) is 2.85. The summed E-state index contributed by atoms with van der Waals surface area (Å²) in [4.78, 5) is -0.371. The van der Waals surface area contributed by atoms with Crippen LogP contribution in [0.4, 0.5) is 13.2 Å². The van der Waals surface area contributed by atoms with E-state index >= 15 is 0 Å². The number of nitrogens with zero attached hydrogens (tertiary/aromatic N) is 1. The highest BCUT2D eigenvalue weighted by atomic mass is 79.9. The lowest BCUT2D eigenvalue weighted by Crippen LogP contribution is -2.39. The van der Waals surface area contributed by atoms with Crippen LogP contribution in [-0.2, 0) is 16.2 Å². The number of hydrogen-bond acceptors (Lipinski definition) is 3. The van der Waals surface area contributed by atoms with Gasteiger partial charge < -0.3 is 5.73 Å². The predicted octanol–water partition coefficient (Wildman–Crippen LogP) is 2.58. The fourth-order valence-electron chi connectivity index (χ4n) is 2.37. The number of alkyl halides is 3. The number of nitrogens with two attached hydrogens (primary N) is 1. The zero-order valence-electron chi connectivity index (χ0n) is 10.9. The molecule has 1 aromatic rings. The quantitative estimate of drug-likeness (QED) is 0.867. The Morgan fingerprint density at radius 2 is 2.00 bits per heavy atom. The highest BCUT2D eigenvalue weighted by Crippen LogP contribution is 2.35. The SMILES string of the molecule is NCC1CCCN1S(=O)(=O)c1cc(Br)cc(C(F)(F)F)c1. The molecule has 1 unspecified atom stereocenters. The molecule has 1 saturated heterocycles. The summed E-state index contributed by atoms with van der Waals surface area (Å²) in [5.41, 5.74) is 4.53. The van der Waals surface area contributed by atoms with E-state index in [4.69, 9.17) is 5.73 Å². The van der Waals surface area contributed by atoms with Crippen molar-refractivity contribution in [2.75, 3.05) is 13.1 Å². The number of sulfonamides is 1. The van der Waals surface area contributed by atoms with E-state index in [9.17, 15) is 21.6 Å². The van der Waals surface area contributed by atoms with E-state index in [1.807, 2.05) is 0 Å². The number of hydrogen-bond donors (Lipinski definition) is 1. The maximum absolute atomic E-state index is 12.8. The van der Waals surface area contributed by atoms with Crippen molar-refractivity contribution in [2.24, 2.45) is 5.73 Å². The van der Waals surface area contributed by atoms with Gasteiger partial charge in [-0.2, -0.15) is 17.5 Å². The molecule has 21 heavy (non-hydrogen) atoms. The van der Waals surface area contributed by atoms with Crippen molar-refractivity contribution in [3.63, 3.8) is 0 Å². The lowest BCUT2D eigenvalue weighted by Gasteiger charge is -2.23. The maximum Gasteiger partial charge on any atom is 0.416 e. The van der Waals surface area contributed by atoms with Crippen LogP contribution >= 0.6 is 15.9 Å². The standard InChI is InChI=1S/C12H14BrF3N2O2S/c13-9-4-8(12(14,15)16)5-11(6-9)21(19,20)18-3-1-2-10(18)7-17/h4-6,10H,1-3,7,17H2. The van der Waals surface area contributed by atoms with E-state index < -0.39 is 21.8 Å². The summed E-state index contributed by atoms with van der Waals surface area (Å²) >= 11 is 2.93. The Hall–Kier alpha value is -0.640. The normalized spacial score (nSPS) is 20.9. The Bertz CT molecular complexity index is 634. The summed E-state index contributed by atoms with van der Waals surface area (Å²) in [6.45, 7) is 0.428. The van der Waals surface area contributed by atoms with E-state index in [0.717, 1.165) is 6.07 Å². The molecule has 9 heteroatoms. The third-order valence-corrected chi connectivity index (χ3v) is 5.79. The molecule has 1 atom stereocenters. The second-order valence-corrected chi connectivity index (χ2v) is 7.63. The van der Waals surface area contributed by atoms with Gasteiger partial charge in [-0.25, -0.2) is 8.42 Å². The molecule has 0 spiro atoms. The molecule has 0 saturated carbocycles. The molecule has 0 aliphatic carbocycles. The Balaban J connectivity index is 2.48. The summed E-state index contributed by atoms with van der Waals surface area (Å²) in [6, 6.07) is 2.33. The summed E-state index contributed by atoms with van der Waals surface area (Å²) < 4.78 is 64.7. The molecule has 1 heterocycles. The first-order chi connectivity index (χ1) is 9.66. The van der Waals surface area contributed by atoms with Gasteiger partial charge in [-0.15, -0.1) is 0 Å². The topological polar surface area (TPSA) is 63.4 Å². The van der Waals surface area contributed by atoms with Crippen molar-refractivity contribution in [3.8, 4) is 0 Å². The first-order valence-corrected chi connectivity index (χ1v) is 8.49. The molecule has 2 rings (SSSR count). The third-order valence-electron chi connectivity index (χ3n) is 3.40. The van der Waals surface area contributed by atoms with Crippen LogP contribution in [0.25, 0.3) is 0 Å². The van der Waals surface area contributed by atoms with Crippen LogP contribution in [0.3, 0.4) is 0 Å². The van der Waals surface area contributed by atoms with Crippen molar-refractivity contribution >= 4 is 26.0 Å². The molecule has 0 aromatic heterocycles. The fourth-order valence-corrected chi connectivity index (χ4v) is 4.79. The van der Waals surface area contributed by atoms with Gasteiger partial charge in [0, 0.05) is 23.6 Å². The van der Waals surface area contributed by atoms with Gasteiger partial charge in [-0.05, 0) is 31.0 Å². The molecule has 4 nitrogen and oxygen atoms in total. The van der Waals surface area contributed by atoms with Crippen LogP contribution < -0.4 is 5.73 Å². The van der Waals surface area contributed by atoms with Crippen molar-refractivity contribution in [1.82, 2.24) is 4.31 Å². The molecular weight excluding hydrogens is 373 g/mol. The van der Waals surface area contributed by atoms with E-state index in [-0.39, 0.29) is 28.5 Å². The smallest absolute Gasteiger partial charge is 0.329 e. The van der Waals surface area contributed by atoms with Gasteiger partial charge >= 0.3 is 6.18 Å². The molecule has 1 aliphatic rings. The fraction of sp³-hybridized carbons (Fsp3) is 0.500. The minimum atomic E-state index is -4.60. The largest absolute Gasteiger partial charge is 0.416 e. The highest BCUT2D eigenvalue weighted by molar-refractivity contribution is 9.10. The Morgan fingerprint density at radius 1 is 1.33 bits per heavy atom. The average molecular weight is 387 g/mol. The van der Waals surface area contributed by atoms with Gasteiger partial charge in [0.05, 0.1) is 10.5 Å². The van der Waals surface area contributed by atoms with E-state index in [0.29, 0.717) is 18.9 Å². The number of rotatable bonds is 3. The second-order valence-electron chi connectivity index (χ2n) is 4.82. The zero-order chi connectivity index (χ0) is 15.8. The molecule has 118 valence electrons. The molecule has 1 fully saturated rings. The van der Waals surface area contributed by atoms with Gasteiger partial charge in [0.15, 0.2) is 0 Å². The Labute approximate surface area is 129 Å². The van der Waals surface area contributed by atoms with Gasteiger partial charge in [0.2, 0.25) is 10.0 Å². The lowest BCUT2D eigenvalue weighted by molar-refractivity contribution is -0.137. The monoisotopic (exact) mass is 386 g/mol. The summed E-state index contributed by atoms with van der Waals surface area (Å²) in [6.07, 6.45) is -3.33. The highest BCUT2D eigenvalue weighted by Gasteiger charge is 2.37. The lowest BCUT2D eigenvalue weighted by atomic mass is 10.2. The molecule has 1 aliphatic heterocycles. The maximum atomic E-state index is 12.8. The van der Waals surface area contributed by atoms with E-state index in [1.165, 1.54) is 10.4 Å².